The molecule has 0 aliphatic carbocycles. The largest absolute Gasteiger partial charge is 0.365 e. The van der Waals surface area contributed by atoms with Gasteiger partial charge >= 0.3 is 0 Å². The number of nitrogens with zero attached hydrogens (tertiary/aromatic N) is 5. The average Bonchev–Trinajstić information content (AvgIpc) is 2.72. The zero-order chi connectivity index (χ0) is 20.5. The molecule has 0 saturated carbocycles. The van der Waals surface area contributed by atoms with Crippen LogP contribution in [-0.2, 0) is 6.54 Å². The van der Waals surface area contributed by atoms with Crippen molar-refractivity contribution in [3.63, 3.8) is 0 Å². The number of aromatic nitrogens is 3. The number of fused-ring (bicyclic) bond motifs is 1. The van der Waals surface area contributed by atoms with Crippen molar-refractivity contribution >= 4 is 16.7 Å². The van der Waals surface area contributed by atoms with Gasteiger partial charge in [-0.2, -0.15) is 9.65 Å². The first-order valence-corrected chi connectivity index (χ1v) is 9.18. The molecule has 1 fully saturated rings. The quantitative estimate of drug-likeness (QED) is 0.682. The van der Waals surface area contributed by atoms with E-state index in [0.29, 0.717) is 55.2 Å². The molecule has 29 heavy (non-hydrogen) atoms. The van der Waals surface area contributed by atoms with Gasteiger partial charge in [0.25, 0.3) is 5.56 Å². The number of halogens is 2. The number of hydrogen-bond acceptors (Lipinski definition) is 6. The molecule has 2 aromatic heterocycles. The van der Waals surface area contributed by atoms with Gasteiger partial charge in [-0.15, -0.1) is 0 Å². The maximum absolute atomic E-state index is 14.9. The Kier molecular flexibility index (Phi) is 4.94. The van der Waals surface area contributed by atoms with Crippen LogP contribution in [0.25, 0.3) is 11.0 Å². The molecule has 7 nitrogen and oxygen atoms in total. The van der Waals surface area contributed by atoms with Crippen LogP contribution in [0.5, 0.6) is 0 Å². The maximum atomic E-state index is 14.9. The Bertz CT molecular complexity index is 1180. The van der Waals surface area contributed by atoms with E-state index in [1.54, 1.807) is 25.1 Å². The van der Waals surface area contributed by atoms with Gasteiger partial charge in [0.2, 0.25) is 5.95 Å². The number of piperazine rings is 1. The van der Waals surface area contributed by atoms with E-state index in [9.17, 15) is 13.6 Å². The topological polar surface area (TPSA) is 88.9 Å². The number of pyridine rings is 1. The van der Waals surface area contributed by atoms with Crippen molar-refractivity contribution in [3.8, 4) is 6.07 Å². The molecule has 1 N–H and O–H groups in total. The fourth-order valence-corrected chi connectivity index (χ4v) is 3.49. The summed E-state index contributed by atoms with van der Waals surface area (Å²) in [6, 6.07) is 8.25. The van der Waals surface area contributed by atoms with Crippen molar-refractivity contribution in [1.82, 2.24) is 19.9 Å². The van der Waals surface area contributed by atoms with Gasteiger partial charge in [0.1, 0.15) is 23.0 Å². The SMILES string of the molecule is Cc1nc2ccc(CN3CCN(c4ccc(C#N)nc4F)CC3)c(F)c2[nH]c1=O. The molecule has 3 heterocycles. The number of benzene rings is 1. The fourth-order valence-electron chi connectivity index (χ4n) is 3.49. The molecule has 0 amide bonds. The summed E-state index contributed by atoms with van der Waals surface area (Å²) >= 11 is 0. The number of aryl methyl sites for hydroxylation is 1. The lowest BCUT2D eigenvalue weighted by atomic mass is 10.1. The second kappa shape index (κ2) is 7.56. The minimum Gasteiger partial charge on any atom is -0.365 e. The molecule has 0 spiro atoms. The van der Waals surface area contributed by atoms with Crippen molar-refractivity contribution in [1.29, 1.82) is 5.26 Å². The van der Waals surface area contributed by atoms with Crippen LogP contribution in [-0.4, -0.2) is 46.0 Å². The lowest BCUT2D eigenvalue weighted by Crippen LogP contribution is -2.46. The number of H-pyrrole nitrogens is 1. The molecule has 148 valence electrons. The number of hydrogen-bond donors (Lipinski definition) is 1. The molecule has 0 unspecified atom stereocenters. The van der Waals surface area contributed by atoms with Gasteiger partial charge in [-0.25, -0.2) is 14.4 Å². The first kappa shape index (κ1) is 19.0. The maximum Gasteiger partial charge on any atom is 0.269 e. The predicted molar refractivity (Wildman–Crippen MR) is 103 cm³/mol. The van der Waals surface area contributed by atoms with Gasteiger partial charge in [0, 0.05) is 38.3 Å². The summed E-state index contributed by atoms with van der Waals surface area (Å²) in [7, 11) is 0. The standard InChI is InChI=1S/C20H18F2N6O/c1-12-20(29)26-18-15(24-12)4-2-13(17(18)21)11-27-6-8-28(9-7-27)16-5-3-14(10-23)25-19(16)22/h2-5H,6-9,11H2,1H3,(H,26,29). The minimum absolute atomic E-state index is 0.0411. The van der Waals surface area contributed by atoms with E-state index in [4.69, 9.17) is 5.26 Å². The van der Waals surface area contributed by atoms with Crippen molar-refractivity contribution in [2.24, 2.45) is 0 Å². The van der Waals surface area contributed by atoms with Crippen LogP contribution >= 0.6 is 0 Å². The third kappa shape index (κ3) is 3.67. The first-order chi connectivity index (χ1) is 14.0. The van der Waals surface area contributed by atoms with E-state index < -0.39 is 17.3 Å². The number of nitriles is 1. The summed E-state index contributed by atoms with van der Waals surface area (Å²) in [5, 5.41) is 8.80. The van der Waals surface area contributed by atoms with Gasteiger partial charge in [0.15, 0.2) is 5.82 Å². The molecular formula is C20H18F2N6O. The molecule has 0 atom stereocenters. The number of aromatic amines is 1. The molecular weight excluding hydrogens is 378 g/mol. The van der Waals surface area contributed by atoms with E-state index in [1.165, 1.54) is 6.07 Å². The summed E-state index contributed by atoms with van der Waals surface area (Å²) < 4.78 is 29.0. The van der Waals surface area contributed by atoms with E-state index in [0.717, 1.165) is 0 Å². The fraction of sp³-hybridized carbons (Fsp3) is 0.300. The van der Waals surface area contributed by atoms with Crippen molar-refractivity contribution in [3.05, 3.63) is 63.3 Å². The molecule has 9 heteroatoms. The molecule has 1 aromatic carbocycles. The summed E-state index contributed by atoms with van der Waals surface area (Å²) in [5.74, 6) is -1.14. The predicted octanol–water partition coefficient (Wildman–Crippen LogP) is 2.10. The van der Waals surface area contributed by atoms with Gasteiger partial charge in [-0.3, -0.25) is 9.69 Å². The number of anilines is 1. The summed E-state index contributed by atoms with van der Waals surface area (Å²) in [5.41, 5.74) is 1.29. The minimum atomic E-state index is -0.662. The number of rotatable bonds is 3. The molecule has 4 rings (SSSR count). The molecule has 3 aromatic rings. The van der Waals surface area contributed by atoms with Crippen LogP contribution in [0.1, 0.15) is 17.0 Å². The highest BCUT2D eigenvalue weighted by molar-refractivity contribution is 5.75. The van der Waals surface area contributed by atoms with Crippen LogP contribution in [0.15, 0.2) is 29.1 Å². The van der Waals surface area contributed by atoms with Crippen LogP contribution in [0.4, 0.5) is 14.5 Å². The van der Waals surface area contributed by atoms with Crippen molar-refractivity contribution in [2.75, 3.05) is 31.1 Å². The Morgan fingerprint density at radius 2 is 1.90 bits per heavy atom. The summed E-state index contributed by atoms with van der Waals surface area (Å²) in [6.45, 7) is 4.28. The highest BCUT2D eigenvalue weighted by Crippen LogP contribution is 2.22. The van der Waals surface area contributed by atoms with E-state index in [1.807, 2.05) is 11.0 Å². The molecule has 0 bridgehead atoms. The van der Waals surface area contributed by atoms with Gasteiger partial charge in [-0.05, 0) is 25.1 Å². The van der Waals surface area contributed by atoms with Crippen LogP contribution in [0.2, 0.25) is 0 Å². The Labute approximate surface area is 165 Å². The summed E-state index contributed by atoms with van der Waals surface area (Å²) in [4.78, 5) is 26.0. The zero-order valence-corrected chi connectivity index (χ0v) is 15.7. The van der Waals surface area contributed by atoms with E-state index in [2.05, 4.69) is 19.9 Å². The third-order valence-electron chi connectivity index (χ3n) is 5.11. The van der Waals surface area contributed by atoms with Crippen molar-refractivity contribution in [2.45, 2.75) is 13.5 Å². The Hall–Kier alpha value is -3.38. The third-order valence-corrected chi connectivity index (χ3v) is 5.11. The molecule has 0 radical (unpaired) electrons. The second-order valence-electron chi connectivity index (χ2n) is 6.97. The van der Waals surface area contributed by atoms with Gasteiger partial charge in [0.05, 0.1) is 11.2 Å². The Morgan fingerprint density at radius 1 is 1.14 bits per heavy atom. The number of nitrogens with one attached hydrogen (secondary N) is 1. The van der Waals surface area contributed by atoms with Crippen LogP contribution in [0, 0.1) is 30.0 Å². The van der Waals surface area contributed by atoms with Crippen LogP contribution < -0.4 is 10.5 Å². The highest BCUT2D eigenvalue weighted by atomic mass is 19.1. The normalized spacial score (nSPS) is 14.9. The van der Waals surface area contributed by atoms with Gasteiger partial charge in [-0.1, -0.05) is 6.07 Å². The van der Waals surface area contributed by atoms with Crippen molar-refractivity contribution < 1.29 is 8.78 Å². The Morgan fingerprint density at radius 3 is 2.59 bits per heavy atom. The second-order valence-corrected chi connectivity index (χ2v) is 6.97. The average molecular weight is 396 g/mol. The highest BCUT2D eigenvalue weighted by Gasteiger charge is 2.22. The lowest BCUT2D eigenvalue weighted by Gasteiger charge is -2.36. The first-order valence-electron chi connectivity index (χ1n) is 9.18. The van der Waals surface area contributed by atoms with Crippen LogP contribution in [0.3, 0.4) is 0 Å². The smallest absolute Gasteiger partial charge is 0.269 e. The lowest BCUT2D eigenvalue weighted by molar-refractivity contribution is 0.246. The van der Waals surface area contributed by atoms with E-state index >= 15 is 0 Å². The molecule has 1 aliphatic heterocycles. The molecule has 1 saturated heterocycles. The van der Waals surface area contributed by atoms with Gasteiger partial charge < -0.3 is 9.88 Å². The van der Waals surface area contributed by atoms with E-state index in [-0.39, 0.29) is 11.2 Å². The zero-order valence-electron chi connectivity index (χ0n) is 15.7. The molecule has 1 aliphatic rings. The monoisotopic (exact) mass is 396 g/mol. The Balaban J connectivity index is 1.47. The summed E-state index contributed by atoms with van der Waals surface area (Å²) in [6.07, 6.45) is 0.